The van der Waals surface area contributed by atoms with Gasteiger partial charge < -0.3 is 0 Å². The fraction of sp³-hybridized carbons (Fsp3) is 0.594. The second kappa shape index (κ2) is 40.9. The molecular weight excluding hydrogens is 1670 g/mol. The summed E-state index contributed by atoms with van der Waals surface area (Å²) in [5.74, 6) is 14.6. The molecule has 0 aliphatic heterocycles. The van der Waals surface area contributed by atoms with Gasteiger partial charge in [-0.05, 0) is 682 Å². The molecule has 20 unspecified atom stereocenters. The van der Waals surface area contributed by atoms with Gasteiger partial charge in [-0.1, -0.05) is 120 Å². The Morgan fingerprint density at radius 2 is 0.496 bits per heavy atom. The molecule has 2 heteroatoms. The Bertz CT molecular complexity index is 5800. The van der Waals surface area contributed by atoms with Gasteiger partial charge >= 0.3 is 0 Å². The highest BCUT2D eigenvalue weighted by Gasteiger charge is 2.61. The number of alkyl halides is 2. The Kier molecular flexibility index (Phi) is 33.5. The molecule has 0 amide bonds. The highest BCUT2D eigenvalue weighted by Crippen LogP contribution is 2.69. The zero-order valence-corrected chi connectivity index (χ0v) is 97.2. The van der Waals surface area contributed by atoms with Crippen LogP contribution in [0.4, 0.5) is 0 Å². The van der Waals surface area contributed by atoms with Crippen LogP contribution in [0.1, 0.15) is 428 Å². The predicted octanol–water partition coefficient (Wildman–Crippen LogP) is 40.3. The first-order valence-electron chi connectivity index (χ1n) is 53.2. The van der Waals surface area contributed by atoms with Crippen molar-refractivity contribution in [3.63, 3.8) is 0 Å². The minimum atomic E-state index is -0.556. The van der Waals surface area contributed by atoms with Crippen molar-refractivity contribution in [3.8, 4) is 33.4 Å². The Hall–Kier alpha value is -6.44. The van der Waals surface area contributed by atoms with E-state index in [1.807, 2.05) is 0 Å². The largest absolute Gasteiger partial charge is 0.112 e. The van der Waals surface area contributed by atoms with E-state index in [0.717, 1.165) is 95.2 Å². The van der Waals surface area contributed by atoms with Crippen molar-refractivity contribution < 1.29 is 0 Å². The summed E-state index contributed by atoms with van der Waals surface area (Å²) in [6, 6.07) is 0. The van der Waals surface area contributed by atoms with Crippen molar-refractivity contribution in [1.29, 1.82) is 0 Å². The maximum Gasteiger partial charge on any atom is 0.112 e. The first-order valence-corrected chi connectivity index (χ1v) is 53.9. The number of halogens is 2. The molecule has 7 aliphatic rings. The first kappa shape index (κ1) is 111. The van der Waals surface area contributed by atoms with Crippen LogP contribution in [0.15, 0.2) is 16.7 Å². The molecule has 0 saturated heterocycles. The van der Waals surface area contributed by atoms with Gasteiger partial charge in [0, 0.05) is 17.8 Å². The molecule has 0 nitrogen and oxygen atoms in total. The van der Waals surface area contributed by atoms with Crippen LogP contribution in [0.3, 0.4) is 0 Å². The lowest BCUT2D eigenvalue weighted by Crippen LogP contribution is -2.45. The lowest BCUT2D eigenvalue weighted by atomic mass is 9.52. The molecule has 135 heavy (non-hydrogen) atoms. The van der Waals surface area contributed by atoms with E-state index in [1.165, 1.54) is 231 Å². The number of benzene rings is 8. The fourth-order valence-corrected chi connectivity index (χ4v) is 30.0. The van der Waals surface area contributed by atoms with Crippen molar-refractivity contribution in [1.82, 2.24) is 0 Å². The number of fused-ring (bicyclic) bond motifs is 5. The van der Waals surface area contributed by atoms with Crippen molar-refractivity contribution in [2.45, 2.75) is 434 Å². The summed E-state index contributed by atoms with van der Waals surface area (Å²) >= 11 is 10.6. The average Bonchev–Trinajstić information content (AvgIpc) is 1.59. The van der Waals surface area contributed by atoms with Crippen LogP contribution in [-0.4, -0.2) is 4.33 Å². The van der Waals surface area contributed by atoms with Crippen LogP contribution in [0.2, 0.25) is 0 Å². The SMILES string of the molecule is C.CC(C)(Cl)Cl.CC1=C(C)C(CC2C(C)=C(C)c3c(-c4c(C)c(C)c(C)c(C)c4C)c(C)c(C)c(C)c32)c2c(C)c(C)c(C)c(-c3c(C)c(C)c(C)c(C)c3C)c21.CC1=Cc2c(C)c(C)c(C)c(-c3c(C)c(C)c(C)c(C)c3C)c2C1C.CCC.Cc1c(C)c(C)c(C2C(C)C(C)C(C)C3C(CC4C(C)C(C)C5C(c6c(C)c(C)c(C)c(C)c6C)C(C)C(C)C(C)C45)CC(C)C23)c(C)c1C. The van der Waals surface area contributed by atoms with Gasteiger partial charge in [-0.15, -0.1) is 23.2 Å². The van der Waals surface area contributed by atoms with E-state index in [0.29, 0.717) is 29.6 Å². The Morgan fingerprint density at radius 1 is 0.252 bits per heavy atom. The van der Waals surface area contributed by atoms with Crippen molar-refractivity contribution >= 4 is 40.4 Å². The molecule has 0 heterocycles. The van der Waals surface area contributed by atoms with Gasteiger partial charge in [0.1, 0.15) is 4.33 Å². The van der Waals surface area contributed by atoms with Gasteiger partial charge in [-0.25, -0.2) is 0 Å². The maximum absolute atomic E-state index is 5.30. The first-order chi connectivity index (χ1) is 62.0. The molecule has 20 atom stereocenters. The Morgan fingerprint density at radius 3 is 0.822 bits per heavy atom. The van der Waals surface area contributed by atoms with E-state index in [4.69, 9.17) is 23.2 Å². The van der Waals surface area contributed by atoms with E-state index < -0.39 is 4.33 Å². The van der Waals surface area contributed by atoms with Crippen LogP contribution < -0.4 is 0 Å². The number of allylic oxidation sites excluding steroid dienone is 5. The van der Waals surface area contributed by atoms with Gasteiger partial charge in [0.15, 0.2) is 0 Å². The molecule has 0 spiro atoms. The van der Waals surface area contributed by atoms with Gasteiger partial charge in [0.25, 0.3) is 0 Å². The standard InChI is InChI=1S/C51H64.C50H78.C25H32.C3H6Cl2.C3H8.CH4/c1-22-24(3)32(11)44(33(12)25(22)4)48-38(17)28(7)36(15)46-42(30(9)40(19)50(46)48)21-43-31(10)41(20)51-47(43)37(16)29(8)39(18)49(51)45-34(13)26(5)23(2)27(6)35(45)14;1-22-20-41(46-36(15)29(8)38(17)48(43(22)46)44-32(11)25(4)23(2)26(5)33(44)12)21-42-31(10)40(19)50-47(42)37(16)30(9)39(18)49(50)45-34(13)27(6)24(3)28(7)35(45)14;1-12-11-22-18(7)17(6)21(10)25(24(22)13(12)2)23-19(8)15(4)14(3)16(5)20(23)9;1-3(2,4)5;1-3-2;/h42-43H,21H2,1-20H3;22,29-31,36-43,46-50H,20-21H2,1-19H3;11,13H,1-10H3;1-2H3;3H2,1-2H3;1H4. The molecule has 0 N–H and O–H groups in total. The minimum Gasteiger partial charge on any atom is -0.102 e. The van der Waals surface area contributed by atoms with Gasteiger partial charge in [0.2, 0.25) is 0 Å². The summed E-state index contributed by atoms with van der Waals surface area (Å²) < 4.78 is -0.556. The third-order valence-electron chi connectivity index (χ3n) is 41.9. The monoisotopic (exact) mass is 1860 g/mol. The molecule has 0 aromatic heterocycles. The molecular formula is C133H192Cl2. The number of hydrogen-bond donors (Lipinski definition) is 0. The molecule has 8 aromatic carbocycles. The lowest BCUT2D eigenvalue weighted by Gasteiger charge is -2.52. The van der Waals surface area contributed by atoms with E-state index in [9.17, 15) is 0 Å². The third kappa shape index (κ3) is 18.1. The molecule has 4 saturated carbocycles. The summed E-state index contributed by atoms with van der Waals surface area (Å²) in [7, 11) is 0. The van der Waals surface area contributed by atoms with Gasteiger partial charge in [-0.3, -0.25) is 0 Å². The lowest BCUT2D eigenvalue weighted by molar-refractivity contribution is 0.00235. The Labute approximate surface area is 840 Å². The van der Waals surface area contributed by atoms with E-state index in [1.54, 1.807) is 97.3 Å². The van der Waals surface area contributed by atoms with Crippen LogP contribution in [0.25, 0.3) is 50.6 Å². The normalized spacial score (nSPS) is 25.9. The van der Waals surface area contributed by atoms with E-state index >= 15 is 0 Å². The summed E-state index contributed by atoms with van der Waals surface area (Å²) in [5.41, 5.74) is 79.7. The molecule has 4 fully saturated rings. The van der Waals surface area contributed by atoms with Gasteiger partial charge in [0.05, 0.1) is 0 Å². The number of rotatable bonds is 9. The molecule has 7 aliphatic carbocycles. The van der Waals surface area contributed by atoms with Crippen molar-refractivity contribution in [3.05, 3.63) is 250 Å². The maximum atomic E-state index is 5.30. The van der Waals surface area contributed by atoms with Crippen LogP contribution >= 0.6 is 23.2 Å². The molecule has 15 rings (SSSR count). The minimum absolute atomic E-state index is 0. The summed E-state index contributed by atoms with van der Waals surface area (Å²) in [6.45, 7) is 126. The van der Waals surface area contributed by atoms with Crippen LogP contribution in [0, 0.1) is 324 Å². The number of hydrogen-bond acceptors (Lipinski definition) is 0. The Balaban J connectivity index is 0.000000210. The van der Waals surface area contributed by atoms with Gasteiger partial charge in [-0.2, -0.15) is 0 Å². The molecule has 0 radical (unpaired) electrons. The second-order valence-corrected chi connectivity index (χ2v) is 49.5. The van der Waals surface area contributed by atoms with Crippen molar-refractivity contribution in [2.24, 2.45) is 88.8 Å². The van der Waals surface area contributed by atoms with Crippen LogP contribution in [0.5, 0.6) is 0 Å². The second-order valence-electron chi connectivity index (χ2n) is 47.4. The van der Waals surface area contributed by atoms with E-state index in [2.05, 4.69) is 359 Å². The zero-order chi connectivity index (χ0) is 101. The predicted molar refractivity (Wildman–Crippen MR) is 605 cm³/mol. The highest BCUT2D eigenvalue weighted by molar-refractivity contribution is 6.47. The summed E-state index contributed by atoms with van der Waals surface area (Å²) in [5, 5.41) is 0. The topological polar surface area (TPSA) is 0 Å². The smallest absolute Gasteiger partial charge is 0.102 e. The quantitative estimate of drug-likeness (QED) is 0.126. The van der Waals surface area contributed by atoms with Crippen molar-refractivity contribution in [2.75, 3.05) is 0 Å². The van der Waals surface area contributed by atoms with Crippen LogP contribution in [-0.2, 0) is 0 Å². The van der Waals surface area contributed by atoms with E-state index in [-0.39, 0.29) is 7.43 Å². The summed E-state index contributed by atoms with van der Waals surface area (Å²) in [6.07, 6.45) is 7.71. The summed E-state index contributed by atoms with van der Waals surface area (Å²) in [4.78, 5) is 0. The zero-order valence-electron chi connectivity index (χ0n) is 95.7. The molecule has 0 bridgehead atoms. The highest BCUT2D eigenvalue weighted by atomic mass is 35.5. The molecule has 738 valence electrons. The average molecular weight is 1860 g/mol. The fourth-order valence-electron chi connectivity index (χ4n) is 30.0. The molecule has 8 aromatic rings. The third-order valence-corrected chi connectivity index (χ3v) is 41.9.